The van der Waals surface area contributed by atoms with E-state index in [4.69, 9.17) is 10.5 Å². The van der Waals surface area contributed by atoms with Crippen LogP contribution in [0.25, 0.3) is 10.8 Å². The Balaban J connectivity index is 2.25. The zero-order valence-corrected chi connectivity index (χ0v) is 14.0. The third kappa shape index (κ3) is 4.02. The second kappa shape index (κ2) is 7.65. The van der Waals surface area contributed by atoms with Crippen molar-refractivity contribution in [3.8, 4) is 0 Å². The van der Waals surface area contributed by atoms with Gasteiger partial charge in [-0.15, -0.1) is 0 Å². The molecule has 0 aromatic heterocycles. The highest BCUT2D eigenvalue weighted by Gasteiger charge is 2.35. The van der Waals surface area contributed by atoms with E-state index < -0.39 is 5.54 Å². The molecule has 0 radical (unpaired) electrons. The Morgan fingerprint density at radius 1 is 1.23 bits per heavy atom. The number of fused-ring (bicyclic) bond motifs is 1. The molecule has 118 valence electrons. The molecule has 0 heterocycles. The Morgan fingerprint density at radius 2 is 1.95 bits per heavy atom. The Kier molecular flexibility index (Phi) is 5.86. The van der Waals surface area contributed by atoms with Gasteiger partial charge in [-0.05, 0) is 41.7 Å². The predicted molar refractivity (Wildman–Crippen MR) is 94.2 cm³/mol. The Bertz CT molecular complexity index is 644. The van der Waals surface area contributed by atoms with Gasteiger partial charge in [-0.1, -0.05) is 42.5 Å². The molecule has 22 heavy (non-hydrogen) atoms. The van der Waals surface area contributed by atoms with Gasteiger partial charge in [-0.25, -0.2) is 0 Å². The van der Waals surface area contributed by atoms with Gasteiger partial charge in [0, 0.05) is 6.42 Å². The van der Waals surface area contributed by atoms with E-state index in [1.807, 2.05) is 31.4 Å². The summed E-state index contributed by atoms with van der Waals surface area (Å²) in [6, 6.07) is 14.4. The van der Waals surface area contributed by atoms with E-state index >= 15 is 0 Å². The lowest BCUT2D eigenvalue weighted by Crippen LogP contribution is -2.51. The van der Waals surface area contributed by atoms with Crippen LogP contribution in [0.1, 0.15) is 18.9 Å². The molecule has 2 aromatic rings. The van der Waals surface area contributed by atoms with Gasteiger partial charge in [-0.3, -0.25) is 4.79 Å². The van der Waals surface area contributed by atoms with Crippen molar-refractivity contribution in [2.45, 2.75) is 25.3 Å². The highest BCUT2D eigenvalue weighted by atomic mass is 32.2. The summed E-state index contributed by atoms with van der Waals surface area (Å²) >= 11 is 1.69. The summed E-state index contributed by atoms with van der Waals surface area (Å²) in [4.78, 5) is 12.3. The molecule has 0 saturated heterocycles. The second-order valence-electron chi connectivity index (χ2n) is 5.48. The van der Waals surface area contributed by atoms with Gasteiger partial charge >= 0.3 is 5.97 Å². The van der Waals surface area contributed by atoms with E-state index in [9.17, 15) is 4.79 Å². The van der Waals surface area contributed by atoms with Crippen LogP contribution < -0.4 is 5.73 Å². The van der Waals surface area contributed by atoms with Crippen molar-refractivity contribution in [1.29, 1.82) is 0 Å². The average molecular weight is 317 g/mol. The maximum atomic E-state index is 12.3. The van der Waals surface area contributed by atoms with Gasteiger partial charge in [0.25, 0.3) is 0 Å². The fourth-order valence-corrected chi connectivity index (χ4v) is 3.10. The Labute approximate surface area is 136 Å². The first kappa shape index (κ1) is 16.8. The molecule has 0 saturated carbocycles. The van der Waals surface area contributed by atoms with Gasteiger partial charge in [0.1, 0.15) is 5.54 Å². The quantitative estimate of drug-likeness (QED) is 0.795. The summed E-state index contributed by atoms with van der Waals surface area (Å²) < 4.78 is 5.19. The minimum Gasteiger partial charge on any atom is -0.465 e. The zero-order valence-electron chi connectivity index (χ0n) is 13.2. The number of carbonyl (C=O) groups is 1. The number of rotatable bonds is 7. The lowest BCUT2D eigenvalue weighted by molar-refractivity contribution is -0.149. The highest BCUT2D eigenvalue weighted by molar-refractivity contribution is 7.98. The molecule has 0 fully saturated rings. The molecule has 0 unspecified atom stereocenters. The van der Waals surface area contributed by atoms with Crippen LogP contribution in [0.4, 0.5) is 0 Å². The van der Waals surface area contributed by atoms with Crippen LogP contribution in [-0.4, -0.2) is 30.1 Å². The molecule has 1 atom stereocenters. The molecular formula is C18H23NO2S. The van der Waals surface area contributed by atoms with Crippen molar-refractivity contribution in [2.75, 3.05) is 18.6 Å². The molecule has 2 N–H and O–H groups in total. The van der Waals surface area contributed by atoms with Crippen LogP contribution in [0.5, 0.6) is 0 Å². The minimum atomic E-state index is -0.957. The Morgan fingerprint density at radius 3 is 2.64 bits per heavy atom. The molecule has 0 aliphatic rings. The predicted octanol–water partition coefficient (Wildman–Crippen LogP) is 3.40. The molecule has 2 aromatic carbocycles. The number of carbonyl (C=O) groups excluding carboxylic acids is 1. The lowest BCUT2D eigenvalue weighted by atomic mass is 9.88. The molecule has 0 amide bonds. The molecule has 0 bridgehead atoms. The molecular weight excluding hydrogens is 294 g/mol. The third-order valence-corrected chi connectivity index (χ3v) is 4.38. The van der Waals surface area contributed by atoms with Crippen molar-refractivity contribution in [3.05, 3.63) is 48.0 Å². The summed E-state index contributed by atoms with van der Waals surface area (Å²) in [5.74, 6) is 0.528. The highest BCUT2D eigenvalue weighted by Crippen LogP contribution is 2.22. The first-order chi connectivity index (χ1) is 10.6. The first-order valence-electron chi connectivity index (χ1n) is 7.52. The maximum Gasteiger partial charge on any atom is 0.326 e. The summed E-state index contributed by atoms with van der Waals surface area (Å²) in [5.41, 5.74) is 6.51. The van der Waals surface area contributed by atoms with Crippen molar-refractivity contribution in [2.24, 2.45) is 5.73 Å². The summed E-state index contributed by atoms with van der Waals surface area (Å²) in [7, 11) is 0. The largest absolute Gasteiger partial charge is 0.465 e. The van der Waals surface area contributed by atoms with Crippen molar-refractivity contribution in [3.63, 3.8) is 0 Å². The standard InChI is InChI=1S/C18H23NO2S/c1-3-21-17(20)18(19,10-11-22-2)13-14-8-9-15-6-4-5-7-16(15)12-14/h4-9,12H,3,10-11,13,19H2,1-2H3/t18-/m0/s1. The van der Waals surface area contributed by atoms with Gasteiger partial charge in [-0.2, -0.15) is 11.8 Å². The van der Waals surface area contributed by atoms with Crippen LogP contribution >= 0.6 is 11.8 Å². The van der Waals surface area contributed by atoms with Crippen molar-refractivity contribution >= 4 is 28.5 Å². The number of benzene rings is 2. The Hall–Kier alpha value is -1.52. The van der Waals surface area contributed by atoms with Crippen LogP contribution in [0.2, 0.25) is 0 Å². The zero-order chi connectivity index (χ0) is 16.0. The van der Waals surface area contributed by atoms with Gasteiger partial charge < -0.3 is 10.5 Å². The van der Waals surface area contributed by atoms with Crippen molar-refractivity contribution < 1.29 is 9.53 Å². The molecule has 3 nitrogen and oxygen atoms in total. The lowest BCUT2D eigenvalue weighted by Gasteiger charge is -2.27. The summed E-state index contributed by atoms with van der Waals surface area (Å²) in [5, 5.41) is 2.35. The van der Waals surface area contributed by atoms with Crippen LogP contribution in [0, 0.1) is 0 Å². The van der Waals surface area contributed by atoms with Gasteiger partial charge in [0.2, 0.25) is 0 Å². The van der Waals surface area contributed by atoms with E-state index in [1.54, 1.807) is 11.8 Å². The fourth-order valence-electron chi connectivity index (χ4n) is 2.53. The third-order valence-electron chi connectivity index (χ3n) is 3.77. The van der Waals surface area contributed by atoms with E-state index in [2.05, 4.69) is 24.3 Å². The number of ether oxygens (including phenoxy) is 1. The van der Waals surface area contributed by atoms with Gasteiger partial charge in [0.05, 0.1) is 6.61 Å². The molecule has 0 spiro atoms. The number of hydrogen-bond donors (Lipinski definition) is 1. The first-order valence-corrected chi connectivity index (χ1v) is 8.91. The van der Waals surface area contributed by atoms with E-state index in [0.717, 1.165) is 16.7 Å². The molecule has 0 aliphatic carbocycles. The topological polar surface area (TPSA) is 52.3 Å². The average Bonchev–Trinajstić information content (AvgIpc) is 2.53. The van der Waals surface area contributed by atoms with Crippen LogP contribution in [0.3, 0.4) is 0 Å². The number of nitrogens with two attached hydrogens (primary N) is 1. The number of thioether (sulfide) groups is 1. The van der Waals surface area contributed by atoms with Gasteiger partial charge in [0.15, 0.2) is 0 Å². The minimum absolute atomic E-state index is 0.308. The number of hydrogen-bond acceptors (Lipinski definition) is 4. The number of esters is 1. The smallest absolute Gasteiger partial charge is 0.326 e. The molecule has 4 heteroatoms. The second-order valence-corrected chi connectivity index (χ2v) is 6.46. The fraction of sp³-hybridized carbons (Fsp3) is 0.389. The SMILES string of the molecule is CCOC(=O)[C@](N)(CCSC)Cc1ccc2ccccc2c1. The van der Waals surface area contributed by atoms with Crippen LogP contribution in [0.15, 0.2) is 42.5 Å². The van der Waals surface area contributed by atoms with E-state index in [0.29, 0.717) is 19.4 Å². The van der Waals surface area contributed by atoms with Crippen molar-refractivity contribution in [1.82, 2.24) is 0 Å². The molecule has 2 rings (SSSR count). The summed E-state index contributed by atoms with van der Waals surface area (Å²) in [6.07, 6.45) is 3.12. The molecule has 0 aliphatic heterocycles. The monoisotopic (exact) mass is 317 g/mol. The maximum absolute atomic E-state index is 12.3. The van der Waals surface area contributed by atoms with Crippen LogP contribution in [-0.2, 0) is 16.0 Å². The van der Waals surface area contributed by atoms with E-state index in [-0.39, 0.29) is 5.97 Å². The summed E-state index contributed by atoms with van der Waals surface area (Å²) in [6.45, 7) is 2.16. The normalized spacial score (nSPS) is 13.8. The van der Waals surface area contributed by atoms with E-state index in [1.165, 1.54) is 5.39 Å².